The Morgan fingerprint density at radius 3 is 2.23 bits per heavy atom. The van der Waals surface area contributed by atoms with Crippen molar-refractivity contribution in [3.8, 4) is 0 Å². The molecular formula is C25H33F3N4O6S2. The van der Waals surface area contributed by atoms with Gasteiger partial charge in [-0.1, -0.05) is 0 Å². The number of aromatic nitrogens is 1. The minimum Gasteiger partial charge on any atom is -0.444 e. The Kier molecular flexibility index (Phi) is 8.71. The van der Waals surface area contributed by atoms with Gasteiger partial charge in [-0.15, -0.1) is 15.6 Å². The largest absolute Gasteiger partial charge is 0.444 e. The minimum absolute atomic E-state index is 0.124. The third kappa shape index (κ3) is 7.36. The van der Waals surface area contributed by atoms with Crippen LogP contribution in [0, 0.1) is 0 Å². The van der Waals surface area contributed by atoms with E-state index in [0.29, 0.717) is 12.5 Å². The van der Waals surface area contributed by atoms with Crippen LogP contribution in [0.5, 0.6) is 0 Å². The quantitative estimate of drug-likeness (QED) is 0.424. The Morgan fingerprint density at radius 2 is 1.70 bits per heavy atom. The number of rotatable bonds is 5. The number of thiazole rings is 1. The van der Waals surface area contributed by atoms with E-state index in [2.05, 4.69) is 4.98 Å². The number of sulfonamides is 1. The first-order chi connectivity index (χ1) is 18.2. The highest BCUT2D eigenvalue weighted by Crippen LogP contribution is 2.40. The molecule has 2 heterocycles. The SMILES string of the molecule is CN(c1ccc(S(=O)(=O)N(C(=O)OC(C)(C)C)c2cscn2)cc1C(F)(F)F)[C@H]1CCN(C(=O)OC(C)(C)C)C1. The van der Waals surface area contributed by atoms with E-state index in [1.807, 2.05) is 0 Å². The van der Waals surface area contributed by atoms with Crippen molar-refractivity contribution in [2.75, 3.05) is 29.3 Å². The lowest BCUT2D eigenvalue weighted by molar-refractivity contribution is -0.137. The first-order valence-electron chi connectivity index (χ1n) is 12.3. The molecule has 1 fully saturated rings. The van der Waals surface area contributed by atoms with E-state index in [9.17, 15) is 31.2 Å². The van der Waals surface area contributed by atoms with Crippen LogP contribution in [0.1, 0.15) is 53.5 Å². The summed E-state index contributed by atoms with van der Waals surface area (Å²) in [5.74, 6) is -0.304. The molecule has 10 nitrogen and oxygen atoms in total. The number of hydrogen-bond acceptors (Lipinski definition) is 9. The Morgan fingerprint density at radius 1 is 1.07 bits per heavy atom. The molecule has 0 aliphatic carbocycles. The van der Waals surface area contributed by atoms with E-state index in [1.165, 1.54) is 48.5 Å². The summed E-state index contributed by atoms with van der Waals surface area (Å²) in [6, 6.07) is 2.05. The number of likely N-dealkylation sites (tertiary alicyclic amines) is 1. The molecular weight excluding hydrogens is 573 g/mol. The maximum absolute atomic E-state index is 14.3. The van der Waals surface area contributed by atoms with Crippen LogP contribution >= 0.6 is 11.3 Å². The van der Waals surface area contributed by atoms with E-state index < -0.39 is 56.1 Å². The van der Waals surface area contributed by atoms with Crippen LogP contribution in [-0.2, 0) is 25.7 Å². The summed E-state index contributed by atoms with van der Waals surface area (Å²) in [5, 5.41) is 1.27. The molecule has 3 rings (SSSR count). The fourth-order valence-electron chi connectivity index (χ4n) is 3.99. The number of amides is 2. The first kappa shape index (κ1) is 31.5. The van der Waals surface area contributed by atoms with Crippen molar-refractivity contribution >= 4 is 45.1 Å². The molecule has 1 saturated heterocycles. The molecule has 1 aliphatic heterocycles. The fourth-order valence-corrected chi connectivity index (χ4v) is 5.87. The summed E-state index contributed by atoms with van der Waals surface area (Å²) in [6.07, 6.45) is -6.43. The van der Waals surface area contributed by atoms with E-state index >= 15 is 0 Å². The highest BCUT2D eigenvalue weighted by molar-refractivity contribution is 7.93. The second-order valence-electron chi connectivity index (χ2n) is 11.3. The summed E-state index contributed by atoms with van der Waals surface area (Å²) in [6.45, 7) is 10.1. The molecule has 1 atom stereocenters. The average molecular weight is 607 g/mol. The number of likely N-dealkylation sites (N-methyl/N-ethyl adjacent to an activating group) is 1. The van der Waals surface area contributed by atoms with Crippen molar-refractivity contribution in [3.05, 3.63) is 34.7 Å². The predicted molar refractivity (Wildman–Crippen MR) is 144 cm³/mol. The molecule has 0 radical (unpaired) electrons. The summed E-state index contributed by atoms with van der Waals surface area (Å²) >= 11 is 0.999. The normalized spacial score (nSPS) is 16.6. The van der Waals surface area contributed by atoms with Gasteiger partial charge >= 0.3 is 18.4 Å². The zero-order valence-electron chi connectivity index (χ0n) is 23.3. The lowest BCUT2D eigenvalue weighted by atomic mass is 10.1. The molecule has 2 aromatic rings. The van der Waals surface area contributed by atoms with E-state index in [1.54, 1.807) is 20.8 Å². The molecule has 1 aromatic carbocycles. The molecule has 0 saturated carbocycles. The van der Waals surface area contributed by atoms with Gasteiger partial charge in [0, 0.05) is 37.2 Å². The maximum atomic E-state index is 14.3. The van der Waals surface area contributed by atoms with Crippen LogP contribution < -0.4 is 9.21 Å². The van der Waals surface area contributed by atoms with Gasteiger partial charge in [-0.3, -0.25) is 0 Å². The Hall–Kier alpha value is -3.07. The highest BCUT2D eigenvalue weighted by Gasteiger charge is 2.41. The molecule has 1 aromatic heterocycles. The summed E-state index contributed by atoms with van der Waals surface area (Å²) in [7, 11) is -3.41. The second kappa shape index (κ2) is 11.1. The first-order valence-corrected chi connectivity index (χ1v) is 14.7. The number of carbonyl (C=O) groups excluding carboxylic acids is 2. The number of ether oxygens (including phenoxy) is 2. The van der Waals surface area contributed by atoms with E-state index in [-0.39, 0.29) is 28.9 Å². The number of benzene rings is 1. The number of carbonyl (C=O) groups is 2. The van der Waals surface area contributed by atoms with Gasteiger partial charge in [0.1, 0.15) is 11.2 Å². The van der Waals surface area contributed by atoms with Crippen LogP contribution in [0.3, 0.4) is 0 Å². The zero-order chi connectivity index (χ0) is 30.3. The summed E-state index contributed by atoms with van der Waals surface area (Å²) < 4.78 is 80.8. The zero-order valence-corrected chi connectivity index (χ0v) is 24.9. The van der Waals surface area contributed by atoms with Crippen LogP contribution in [0.15, 0.2) is 34.0 Å². The van der Waals surface area contributed by atoms with Gasteiger partial charge in [-0.05, 0) is 66.2 Å². The number of nitrogens with zero attached hydrogens (tertiary/aromatic N) is 4. The van der Waals surface area contributed by atoms with Gasteiger partial charge in [0.05, 0.1) is 16.0 Å². The Balaban J connectivity index is 1.98. The summed E-state index contributed by atoms with van der Waals surface area (Å²) in [4.78, 5) is 31.2. The fraction of sp³-hybridized carbons (Fsp3) is 0.560. The van der Waals surface area contributed by atoms with Crippen LogP contribution in [0.25, 0.3) is 0 Å². The van der Waals surface area contributed by atoms with E-state index in [0.717, 1.165) is 23.5 Å². The molecule has 0 unspecified atom stereocenters. The lowest BCUT2D eigenvalue weighted by Gasteiger charge is -2.30. The average Bonchev–Trinajstić information content (AvgIpc) is 3.48. The van der Waals surface area contributed by atoms with Crippen molar-refractivity contribution in [3.63, 3.8) is 0 Å². The van der Waals surface area contributed by atoms with Gasteiger partial charge in [-0.25, -0.2) is 23.0 Å². The highest BCUT2D eigenvalue weighted by atomic mass is 32.2. The van der Waals surface area contributed by atoms with Crippen molar-refractivity contribution in [1.29, 1.82) is 0 Å². The Bertz CT molecular complexity index is 1340. The summed E-state index contributed by atoms with van der Waals surface area (Å²) in [5.41, 5.74) is -2.02. The van der Waals surface area contributed by atoms with Gasteiger partial charge < -0.3 is 19.3 Å². The number of halogens is 3. The number of anilines is 2. The lowest BCUT2D eigenvalue weighted by Crippen LogP contribution is -2.41. The Labute approximate surface area is 235 Å². The van der Waals surface area contributed by atoms with Crippen molar-refractivity contribution in [2.45, 2.75) is 76.3 Å². The maximum Gasteiger partial charge on any atom is 0.430 e. The topological polar surface area (TPSA) is 109 Å². The van der Waals surface area contributed by atoms with Gasteiger partial charge in [0.15, 0.2) is 5.82 Å². The van der Waals surface area contributed by atoms with Crippen LogP contribution in [-0.4, -0.2) is 67.9 Å². The number of alkyl halides is 3. The molecule has 0 spiro atoms. The molecule has 0 bridgehead atoms. The third-order valence-electron chi connectivity index (χ3n) is 5.74. The monoisotopic (exact) mass is 606 g/mol. The molecule has 15 heteroatoms. The van der Waals surface area contributed by atoms with E-state index in [4.69, 9.17) is 9.47 Å². The second-order valence-corrected chi connectivity index (χ2v) is 13.8. The molecule has 40 heavy (non-hydrogen) atoms. The smallest absolute Gasteiger partial charge is 0.430 e. The third-order valence-corrected chi connectivity index (χ3v) is 7.98. The van der Waals surface area contributed by atoms with Crippen LogP contribution in [0.2, 0.25) is 0 Å². The van der Waals surface area contributed by atoms with Gasteiger partial charge in [0.2, 0.25) is 0 Å². The van der Waals surface area contributed by atoms with Crippen molar-refractivity contribution in [2.24, 2.45) is 0 Å². The van der Waals surface area contributed by atoms with Crippen LogP contribution in [0.4, 0.5) is 34.3 Å². The predicted octanol–water partition coefficient (Wildman–Crippen LogP) is 5.74. The van der Waals surface area contributed by atoms with Gasteiger partial charge in [0.25, 0.3) is 10.0 Å². The molecule has 2 amide bonds. The molecule has 1 aliphatic rings. The molecule has 0 N–H and O–H groups in total. The van der Waals surface area contributed by atoms with Crippen molar-refractivity contribution < 1.29 is 40.7 Å². The minimum atomic E-state index is -4.93. The number of hydrogen-bond donors (Lipinski definition) is 0. The molecule has 222 valence electrons. The van der Waals surface area contributed by atoms with Crippen molar-refractivity contribution in [1.82, 2.24) is 9.88 Å². The van der Waals surface area contributed by atoms with Gasteiger partial charge in [-0.2, -0.15) is 13.2 Å². The standard InChI is InChI=1S/C25H33F3N4O6S2/c1-23(2,3)37-21(33)31-11-10-16(13-31)30(7)19-9-8-17(12-18(19)25(26,27)28)40(35,36)32(20-14-39-15-29-20)22(34)38-24(4,5)6/h8-9,12,14-16H,10-11,13H2,1-7H3/t16-/m0/s1.